The van der Waals surface area contributed by atoms with E-state index >= 15 is 0 Å². The molecule has 1 N–H and O–H groups in total. The van der Waals surface area contributed by atoms with Gasteiger partial charge in [0.05, 0.1) is 18.0 Å². The predicted octanol–water partition coefficient (Wildman–Crippen LogP) is 0.521. The van der Waals surface area contributed by atoms with Gasteiger partial charge in [0, 0.05) is 13.6 Å². The summed E-state index contributed by atoms with van der Waals surface area (Å²) in [6.45, 7) is 3.93. The van der Waals surface area contributed by atoms with E-state index < -0.39 is 15.6 Å². The fraction of sp³-hybridized carbons (Fsp3) is 0.500. The topological polar surface area (TPSA) is 75.7 Å². The van der Waals surface area contributed by atoms with Crippen molar-refractivity contribution in [3.63, 3.8) is 0 Å². The fourth-order valence-electron chi connectivity index (χ4n) is 2.30. The molecule has 2 rings (SSSR count). The van der Waals surface area contributed by atoms with Crippen LogP contribution in [-0.4, -0.2) is 51.0 Å². The lowest BCUT2D eigenvalue weighted by Gasteiger charge is -2.38. The molecule has 1 aromatic carbocycles. The SMILES string of the molecule is CNC(=O)C1(C)CN(S(=O)(=O)c2ccc(C)cc2)CCO1. The Morgan fingerprint density at radius 2 is 1.95 bits per heavy atom. The van der Waals surface area contributed by atoms with Crippen molar-refractivity contribution in [1.29, 1.82) is 0 Å². The molecule has 6 nitrogen and oxygen atoms in total. The van der Waals surface area contributed by atoms with E-state index in [1.807, 2.05) is 6.92 Å². The third-order valence-electron chi connectivity index (χ3n) is 3.61. The van der Waals surface area contributed by atoms with Crippen LogP contribution in [0.5, 0.6) is 0 Å². The summed E-state index contributed by atoms with van der Waals surface area (Å²) in [7, 11) is -2.11. The fourth-order valence-corrected chi connectivity index (χ4v) is 3.81. The van der Waals surface area contributed by atoms with Crippen LogP contribution >= 0.6 is 0 Å². The van der Waals surface area contributed by atoms with Gasteiger partial charge in [-0.2, -0.15) is 4.31 Å². The molecule has 1 aliphatic rings. The predicted molar refractivity (Wildman–Crippen MR) is 78.4 cm³/mol. The molecule has 1 fully saturated rings. The number of hydrogen-bond donors (Lipinski definition) is 1. The molecule has 1 aromatic rings. The minimum absolute atomic E-state index is 0.00286. The summed E-state index contributed by atoms with van der Waals surface area (Å²) in [5.41, 5.74) is -0.170. The van der Waals surface area contributed by atoms with Gasteiger partial charge in [0.25, 0.3) is 5.91 Å². The molecule has 0 radical (unpaired) electrons. The molecule has 1 heterocycles. The number of sulfonamides is 1. The first-order chi connectivity index (χ1) is 9.79. The van der Waals surface area contributed by atoms with Gasteiger partial charge in [0.2, 0.25) is 10.0 Å². The first-order valence-electron chi connectivity index (χ1n) is 6.72. The van der Waals surface area contributed by atoms with Crippen molar-refractivity contribution in [2.75, 3.05) is 26.7 Å². The van der Waals surface area contributed by atoms with Crippen molar-refractivity contribution < 1.29 is 17.9 Å². The number of amides is 1. The summed E-state index contributed by atoms with van der Waals surface area (Å²) >= 11 is 0. The molecule has 1 saturated heterocycles. The van der Waals surface area contributed by atoms with Crippen LogP contribution in [0.2, 0.25) is 0 Å². The van der Waals surface area contributed by atoms with E-state index in [-0.39, 0.29) is 30.5 Å². The van der Waals surface area contributed by atoms with Gasteiger partial charge >= 0.3 is 0 Å². The number of aryl methyl sites for hydroxylation is 1. The molecule has 1 aliphatic heterocycles. The zero-order valence-electron chi connectivity index (χ0n) is 12.4. The largest absolute Gasteiger partial charge is 0.363 e. The van der Waals surface area contributed by atoms with Gasteiger partial charge in [-0.15, -0.1) is 0 Å². The molecule has 116 valence electrons. The molecule has 0 aliphatic carbocycles. The first-order valence-corrected chi connectivity index (χ1v) is 8.16. The Labute approximate surface area is 125 Å². The summed E-state index contributed by atoms with van der Waals surface area (Å²) in [4.78, 5) is 12.1. The second kappa shape index (κ2) is 5.75. The number of benzene rings is 1. The van der Waals surface area contributed by atoms with Crippen molar-refractivity contribution in [2.24, 2.45) is 0 Å². The zero-order chi connectivity index (χ0) is 15.7. The molecular weight excluding hydrogens is 292 g/mol. The third kappa shape index (κ3) is 3.09. The minimum Gasteiger partial charge on any atom is -0.363 e. The van der Waals surface area contributed by atoms with Gasteiger partial charge in [0.1, 0.15) is 0 Å². The van der Waals surface area contributed by atoms with E-state index in [1.54, 1.807) is 31.2 Å². The standard InChI is InChI=1S/C14H20N2O4S/c1-11-4-6-12(7-5-11)21(18,19)16-8-9-20-14(2,10-16)13(17)15-3/h4-7H,8-10H2,1-3H3,(H,15,17). The molecule has 0 aromatic heterocycles. The summed E-state index contributed by atoms with van der Waals surface area (Å²) in [6.07, 6.45) is 0. The van der Waals surface area contributed by atoms with Crippen LogP contribution in [0, 0.1) is 6.92 Å². The number of nitrogens with zero attached hydrogens (tertiary/aromatic N) is 1. The summed E-state index contributed by atoms with van der Waals surface area (Å²) in [5.74, 6) is -0.327. The number of nitrogens with one attached hydrogen (secondary N) is 1. The van der Waals surface area contributed by atoms with Gasteiger partial charge in [-0.05, 0) is 26.0 Å². The zero-order valence-corrected chi connectivity index (χ0v) is 13.2. The average molecular weight is 312 g/mol. The molecule has 7 heteroatoms. The molecule has 0 saturated carbocycles. The second-order valence-corrected chi connectivity index (χ2v) is 7.25. The van der Waals surface area contributed by atoms with Crippen molar-refractivity contribution in [2.45, 2.75) is 24.3 Å². The Bertz CT molecular complexity index is 627. The molecule has 0 bridgehead atoms. The van der Waals surface area contributed by atoms with Crippen molar-refractivity contribution in [3.05, 3.63) is 29.8 Å². The molecule has 21 heavy (non-hydrogen) atoms. The smallest absolute Gasteiger partial charge is 0.253 e. The number of likely N-dealkylation sites (N-methyl/N-ethyl adjacent to an activating group) is 1. The number of ether oxygens (including phenoxy) is 1. The average Bonchev–Trinajstić information content (AvgIpc) is 2.47. The molecular formula is C14H20N2O4S. The summed E-state index contributed by atoms with van der Waals surface area (Å²) < 4.78 is 32.1. The van der Waals surface area contributed by atoms with Crippen LogP contribution in [-0.2, 0) is 19.6 Å². The molecule has 1 atom stereocenters. The van der Waals surface area contributed by atoms with E-state index in [1.165, 1.54) is 11.4 Å². The highest BCUT2D eigenvalue weighted by Gasteiger charge is 2.42. The normalized spacial score (nSPS) is 23.8. The van der Waals surface area contributed by atoms with Crippen LogP contribution in [0.25, 0.3) is 0 Å². The highest BCUT2D eigenvalue weighted by atomic mass is 32.2. The summed E-state index contributed by atoms with van der Waals surface area (Å²) in [5, 5.41) is 2.51. The van der Waals surface area contributed by atoms with Crippen molar-refractivity contribution in [3.8, 4) is 0 Å². The van der Waals surface area contributed by atoms with Crippen LogP contribution in [0.3, 0.4) is 0 Å². The number of rotatable bonds is 3. The monoisotopic (exact) mass is 312 g/mol. The lowest BCUT2D eigenvalue weighted by atomic mass is 10.0. The maximum atomic E-state index is 12.6. The number of hydrogen-bond acceptors (Lipinski definition) is 4. The Morgan fingerprint density at radius 3 is 2.52 bits per heavy atom. The van der Waals surface area contributed by atoms with Gasteiger partial charge in [0.15, 0.2) is 5.60 Å². The maximum absolute atomic E-state index is 12.6. The van der Waals surface area contributed by atoms with Gasteiger partial charge in [-0.25, -0.2) is 8.42 Å². The Kier molecular flexibility index (Phi) is 4.36. The molecule has 0 spiro atoms. The first kappa shape index (κ1) is 15.9. The van der Waals surface area contributed by atoms with Gasteiger partial charge in [-0.3, -0.25) is 4.79 Å². The van der Waals surface area contributed by atoms with E-state index in [9.17, 15) is 13.2 Å². The second-order valence-electron chi connectivity index (χ2n) is 5.31. The van der Waals surface area contributed by atoms with Crippen LogP contribution < -0.4 is 5.32 Å². The lowest BCUT2D eigenvalue weighted by Crippen LogP contribution is -2.58. The highest BCUT2D eigenvalue weighted by Crippen LogP contribution is 2.24. The van der Waals surface area contributed by atoms with E-state index in [0.29, 0.717) is 0 Å². The van der Waals surface area contributed by atoms with Crippen molar-refractivity contribution >= 4 is 15.9 Å². The van der Waals surface area contributed by atoms with Crippen LogP contribution in [0.15, 0.2) is 29.2 Å². The Balaban J connectivity index is 2.28. The van der Waals surface area contributed by atoms with E-state index in [2.05, 4.69) is 5.32 Å². The number of carbonyl (C=O) groups is 1. The van der Waals surface area contributed by atoms with Gasteiger partial charge in [-0.1, -0.05) is 17.7 Å². The number of carbonyl (C=O) groups excluding carboxylic acids is 1. The van der Waals surface area contributed by atoms with E-state index in [4.69, 9.17) is 4.74 Å². The summed E-state index contributed by atoms with van der Waals surface area (Å²) in [6, 6.07) is 6.67. The van der Waals surface area contributed by atoms with Crippen LogP contribution in [0.4, 0.5) is 0 Å². The quantitative estimate of drug-likeness (QED) is 0.883. The lowest BCUT2D eigenvalue weighted by molar-refractivity contribution is -0.151. The number of morpholine rings is 1. The minimum atomic E-state index is -3.62. The molecule has 1 unspecified atom stereocenters. The highest BCUT2D eigenvalue weighted by molar-refractivity contribution is 7.89. The Hall–Kier alpha value is -1.44. The van der Waals surface area contributed by atoms with Crippen LogP contribution in [0.1, 0.15) is 12.5 Å². The maximum Gasteiger partial charge on any atom is 0.253 e. The Morgan fingerprint density at radius 1 is 1.33 bits per heavy atom. The van der Waals surface area contributed by atoms with E-state index in [0.717, 1.165) is 5.56 Å². The van der Waals surface area contributed by atoms with Gasteiger partial charge < -0.3 is 10.1 Å². The molecule has 1 amide bonds. The third-order valence-corrected chi connectivity index (χ3v) is 5.46. The van der Waals surface area contributed by atoms with Crippen molar-refractivity contribution in [1.82, 2.24) is 9.62 Å².